The van der Waals surface area contributed by atoms with E-state index in [-0.39, 0.29) is 0 Å². The summed E-state index contributed by atoms with van der Waals surface area (Å²) in [4.78, 5) is 12.7. The van der Waals surface area contributed by atoms with Crippen LogP contribution in [0.3, 0.4) is 0 Å². The van der Waals surface area contributed by atoms with Crippen LogP contribution in [0.2, 0.25) is 0 Å². The average molecular weight is 313 g/mol. The number of aromatic nitrogens is 1. The Morgan fingerprint density at radius 2 is 2.14 bits per heavy atom. The maximum Gasteiger partial charge on any atom is 0.133 e. The molecule has 0 spiro atoms. The highest BCUT2D eigenvalue weighted by Crippen LogP contribution is 2.33. The lowest BCUT2D eigenvalue weighted by molar-refractivity contribution is 0.271. The third-order valence-corrected chi connectivity index (χ3v) is 5.58. The molecule has 1 saturated carbocycles. The van der Waals surface area contributed by atoms with Crippen molar-refractivity contribution in [1.82, 2.24) is 9.88 Å². The van der Waals surface area contributed by atoms with Gasteiger partial charge in [0.2, 0.25) is 0 Å². The number of hydrogen-bond donors (Lipinski definition) is 0. The lowest BCUT2D eigenvalue weighted by atomic mass is 10.2. The standard InChI is InChI=1S/C18H23N3S/c1-14-4-7-17(22-14)13-20-9-10-21(11-15-5-6-15)18-16(12-20)3-2-8-19-18/h2-4,7-8,15H,5-6,9-13H2,1H3. The van der Waals surface area contributed by atoms with E-state index in [1.165, 1.54) is 40.5 Å². The Balaban J connectivity index is 1.53. The van der Waals surface area contributed by atoms with Gasteiger partial charge in [-0.15, -0.1) is 11.3 Å². The average Bonchev–Trinajstić information content (AvgIpc) is 3.27. The number of hydrogen-bond acceptors (Lipinski definition) is 4. The van der Waals surface area contributed by atoms with Crippen LogP contribution in [0.25, 0.3) is 0 Å². The largest absolute Gasteiger partial charge is 0.355 e. The van der Waals surface area contributed by atoms with E-state index in [0.29, 0.717) is 0 Å². The molecular weight excluding hydrogens is 290 g/mol. The zero-order valence-electron chi connectivity index (χ0n) is 13.2. The normalized spacial score (nSPS) is 19.0. The molecule has 0 saturated heterocycles. The van der Waals surface area contributed by atoms with Crippen LogP contribution in [-0.4, -0.2) is 29.5 Å². The molecule has 2 aromatic rings. The van der Waals surface area contributed by atoms with Gasteiger partial charge in [-0.25, -0.2) is 4.98 Å². The molecule has 1 aliphatic heterocycles. The Bertz CT molecular complexity index is 647. The van der Waals surface area contributed by atoms with Gasteiger partial charge in [0.05, 0.1) is 0 Å². The molecule has 22 heavy (non-hydrogen) atoms. The number of thiophene rings is 1. The van der Waals surface area contributed by atoms with Crippen LogP contribution < -0.4 is 4.90 Å². The first-order valence-electron chi connectivity index (χ1n) is 8.24. The predicted octanol–water partition coefficient (Wildman–Crippen LogP) is 3.68. The second-order valence-corrected chi connectivity index (χ2v) is 7.97. The molecule has 0 N–H and O–H groups in total. The van der Waals surface area contributed by atoms with Gasteiger partial charge in [0, 0.05) is 54.2 Å². The van der Waals surface area contributed by atoms with Gasteiger partial charge in [0.1, 0.15) is 5.82 Å². The predicted molar refractivity (Wildman–Crippen MR) is 92.3 cm³/mol. The van der Waals surface area contributed by atoms with E-state index in [0.717, 1.165) is 32.1 Å². The van der Waals surface area contributed by atoms with Crippen LogP contribution in [0.1, 0.15) is 28.2 Å². The maximum absolute atomic E-state index is 4.69. The Hall–Kier alpha value is -1.39. The minimum Gasteiger partial charge on any atom is -0.355 e. The van der Waals surface area contributed by atoms with E-state index in [1.807, 2.05) is 17.5 Å². The summed E-state index contributed by atoms with van der Waals surface area (Å²) in [6.07, 6.45) is 4.74. The number of fused-ring (bicyclic) bond motifs is 1. The molecule has 0 radical (unpaired) electrons. The van der Waals surface area contributed by atoms with Crippen LogP contribution in [-0.2, 0) is 13.1 Å². The summed E-state index contributed by atoms with van der Waals surface area (Å²) >= 11 is 1.92. The zero-order chi connectivity index (χ0) is 14.9. The van der Waals surface area contributed by atoms with Crippen molar-refractivity contribution < 1.29 is 0 Å². The molecule has 2 aromatic heterocycles. The molecule has 4 rings (SSSR count). The fraction of sp³-hybridized carbons (Fsp3) is 0.500. The van der Waals surface area contributed by atoms with Gasteiger partial charge < -0.3 is 4.90 Å². The first-order chi connectivity index (χ1) is 10.8. The van der Waals surface area contributed by atoms with E-state index in [1.54, 1.807) is 0 Å². The van der Waals surface area contributed by atoms with Gasteiger partial charge in [-0.2, -0.15) is 0 Å². The van der Waals surface area contributed by atoms with Crippen molar-refractivity contribution in [1.29, 1.82) is 0 Å². The van der Waals surface area contributed by atoms with Crippen LogP contribution in [0.5, 0.6) is 0 Å². The van der Waals surface area contributed by atoms with Crippen molar-refractivity contribution in [3.63, 3.8) is 0 Å². The minimum absolute atomic E-state index is 0.904. The number of rotatable bonds is 4. The van der Waals surface area contributed by atoms with Crippen molar-refractivity contribution in [2.75, 3.05) is 24.5 Å². The molecule has 1 fully saturated rings. The highest BCUT2D eigenvalue weighted by atomic mass is 32.1. The smallest absolute Gasteiger partial charge is 0.133 e. The van der Waals surface area contributed by atoms with Crippen molar-refractivity contribution in [2.45, 2.75) is 32.9 Å². The molecule has 3 nitrogen and oxygen atoms in total. The molecule has 3 heterocycles. The topological polar surface area (TPSA) is 19.4 Å². The number of pyridine rings is 1. The van der Waals surface area contributed by atoms with Gasteiger partial charge in [-0.05, 0) is 43.9 Å². The van der Waals surface area contributed by atoms with Crippen molar-refractivity contribution >= 4 is 17.2 Å². The van der Waals surface area contributed by atoms with Crippen LogP contribution in [0.4, 0.5) is 5.82 Å². The van der Waals surface area contributed by atoms with E-state index >= 15 is 0 Å². The van der Waals surface area contributed by atoms with E-state index in [2.05, 4.69) is 46.0 Å². The van der Waals surface area contributed by atoms with Crippen molar-refractivity contribution in [2.24, 2.45) is 5.92 Å². The fourth-order valence-corrected chi connectivity index (χ4v) is 4.17. The lowest BCUT2D eigenvalue weighted by Crippen LogP contribution is -2.32. The molecule has 1 aliphatic carbocycles. The Morgan fingerprint density at radius 1 is 1.23 bits per heavy atom. The van der Waals surface area contributed by atoms with Gasteiger partial charge in [0.15, 0.2) is 0 Å². The third-order valence-electron chi connectivity index (χ3n) is 4.60. The third kappa shape index (κ3) is 3.18. The maximum atomic E-state index is 4.69. The molecule has 0 atom stereocenters. The van der Waals surface area contributed by atoms with E-state index in [9.17, 15) is 0 Å². The summed E-state index contributed by atoms with van der Waals surface area (Å²) in [5.74, 6) is 2.13. The summed E-state index contributed by atoms with van der Waals surface area (Å²) in [7, 11) is 0. The Morgan fingerprint density at radius 3 is 2.91 bits per heavy atom. The molecule has 0 amide bonds. The van der Waals surface area contributed by atoms with Crippen LogP contribution >= 0.6 is 11.3 Å². The first-order valence-corrected chi connectivity index (χ1v) is 9.06. The molecule has 2 aliphatic rings. The quantitative estimate of drug-likeness (QED) is 0.858. The van der Waals surface area contributed by atoms with E-state index < -0.39 is 0 Å². The SMILES string of the molecule is Cc1ccc(CN2CCN(CC3CC3)c3ncccc3C2)s1. The second-order valence-electron chi connectivity index (χ2n) is 6.60. The number of nitrogens with zero attached hydrogens (tertiary/aromatic N) is 3. The summed E-state index contributed by atoms with van der Waals surface area (Å²) < 4.78 is 0. The van der Waals surface area contributed by atoms with Gasteiger partial charge in [-0.1, -0.05) is 6.07 Å². The number of anilines is 1. The zero-order valence-corrected chi connectivity index (χ0v) is 14.0. The molecule has 0 bridgehead atoms. The summed E-state index contributed by atoms with van der Waals surface area (Å²) in [6, 6.07) is 8.83. The highest BCUT2D eigenvalue weighted by Gasteiger charge is 2.28. The molecule has 0 unspecified atom stereocenters. The van der Waals surface area contributed by atoms with Gasteiger partial charge in [-0.3, -0.25) is 4.90 Å². The lowest BCUT2D eigenvalue weighted by Gasteiger charge is -2.23. The molecule has 0 aromatic carbocycles. The monoisotopic (exact) mass is 313 g/mol. The Labute approximate surface area is 136 Å². The van der Waals surface area contributed by atoms with Gasteiger partial charge in [0.25, 0.3) is 0 Å². The molecular formula is C18H23N3S. The second kappa shape index (κ2) is 6.01. The summed E-state index contributed by atoms with van der Waals surface area (Å²) in [6.45, 7) is 7.68. The summed E-state index contributed by atoms with van der Waals surface area (Å²) in [5.41, 5.74) is 1.38. The van der Waals surface area contributed by atoms with E-state index in [4.69, 9.17) is 0 Å². The number of aryl methyl sites for hydroxylation is 1. The first kappa shape index (κ1) is 14.2. The van der Waals surface area contributed by atoms with Gasteiger partial charge >= 0.3 is 0 Å². The molecule has 116 valence electrons. The fourth-order valence-electron chi connectivity index (χ4n) is 3.24. The van der Waals surface area contributed by atoms with Crippen molar-refractivity contribution in [3.05, 3.63) is 45.8 Å². The molecule has 4 heteroatoms. The van der Waals surface area contributed by atoms with Crippen molar-refractivity contribution in [3.8, 4) is 0 Å². The highest BCUT2D eigenvalue weighted by molar-refractivity contribution is 7.11. The Kier molecular flexibility index (Phi) is 3.89. The minimum atomic E-state index is 0.904. The summed E-state index contributed by atoms with van der Waals surface area (Å²) in [5, 5.41) is 0. The van der Waals surface area contributed by atoms with Crippen LogP contribution in [0, 0.1) is 12.8 Å². The van der Waals surface area contributed by atoms with Crippen LogP contribution in [0.15, 0.2) is 30.5 Å².